The maximum atomic E-state index is 12.6. The Morgan fingerprint density at radius 3 is 2.93 bits per heavy atom. The lowest BCUT2D eigenvalue weighted by molar-refractivity contribution is 0.0925. The monoisotopic (exact) mass is 436 g/mol. The van der Waals surface area contributed by atoms with Crippen LogP contribution in [0, 0.1) is 0 Å². The number of carbonyl (C=O) groups excluding carboxylic acids is 1. The Bertz CT molecular complexity index is 914. The summed E-state index contributed by atoms with van der Waals surface area (Å²) in [6.07, 6.45) is 5.82. The number of imidazole rings is 1. The molecule has 2 aromatic heterocycles. The number of rotatable bonds is 5. The first-order chi connectivity index (χ1) is 13.2. The topological polar surface area (TPSA) is 67.7 Å². The number of hydrogen-bond donors (Lipinski definition) is 2. The van der Waals surface area contributed by atoms with Crippen molar-refractivity contribution in [3.05, 3.63) is 66.1 Å². The van der Waals surface area contributed by atoms with E-state index in [2.05, 4.69) is 22.5 Å². The van der Waals surface area contributed by atoms with Crippen molar-refractivity contribution in [1.29, 1.82) is 0 Å². The zero-order valence-electron chi connectivity index (χ0n) is 16.2. The van der Waals surface area contributed by atoms with E-state index >= 15 is 0 Å². The van der Waals surface area contributed by atoms with Crippen LogP contribution in [0.1, 0.15) is 35.8 Å². The van der Waals surface area contributed by atoms with Crippen LogP contribution in [0.3, 0.4) is 0 Å². The molecule has 1 aliphatic rings. The number of nitrogens with zero attached hydrogens (tertiary/aromatic N) is 2. The average molecular weight is 437 g/mol. The summed E-state index contributed by atoms with van der Waals surface area (Å²) in [7, 11) is 0. The largest absolute Gasteiger partial charge is 0.487 e. The lowest BCUT2D eigenvalue weighted by Crippen LogP contribution is -2.46. The molecule has 156 valence electrons. The van der Waals surface area contributed by atoms with E-state index in [1.54, 1.807) is 6.07 Å². The van der Waals surface area contributed by atoms with Gasteiger partial charge in [0.2, 0.25) is 0 Å². The second-order valence-corrected chi connectivity index (χ2v) is 7.06. The Hall–Kier alpha value is -2.28. The van der Waals surface area contributed by atoms with Gasteiger partial charge in [-0.1, -0.05) is 12.1 Å². The predicted molar refractivity (Wildman–Crippen MR) is 118 cm³/mol. The van der Waals surface area contributed by atoms with Gasteiger partial charge < -0.3 is 19.8 Å². The van der Waals surface area contributed by atoms with Gasteiger partial charge in [0.05, 0.1) is 5.69 Å². The van der Waals surface area contributed by atoms with Gasteiger partial charge in [-0.2, -0.15) is 0 Å². The molecule has 3 heterocycles. The number of hydrogen-bond acceptors (Lipinski definition) is 4. The summed E-state index contributed by atoms with van der Waals surface area (Å²) in [5.74, 6) is 0.616. The minimum absolute atomic E-state index is 0. The first-order valence-electron chi connectivity index (χ1n) is 9.37. The molecule has 2 atom stereocenters. The molecule has 0 radical (unpaired) electrons. The Morgan fingerprint density at radius 2 is 2.14 bits per heavy atom. The number of ether oxygens (including phenoxy) is 1. The molecule has 1 saturated heterocycles. The molecule has 0 aliphatic carbocycles. The SMILES string of the molecule is CC1CC(NC(=O)c2cccc(OCc3cn4ccccc4n3)c2)CCN1.Cl.Cl. The smallest absolute Gasteiger partial charge is 0.251 e. The quantitative estimate of drug-likeness (QED) is 0.640. The number of carbonyl (C=O) groups is 1. The maximum Gasteiger partial charge on any atom is 0.251 e. The highest BCUT2D eigenvalue weighted by Crippen LogP contribution is 2.16. The second kappa shape index (κ2) is 10.5. The maximum absolute atomic E-state index is 12.6. The summed E-state index contributed by atoms with van der Waals surface area (Å²) in [5.41, 5.74) is 2.36. The van der Waals surface area contributed by atoms with Gasteiger partial charge in [-0.3, -0.25) is 4.79 Å². The molecule has 6 nitrogen and oxygen atoms in total. The van der Waals surface area contributed by atoms with Crippen molar-refractivity contribution in [3.8, 4) is 5.75 Å². The Labute approximate surface area is 182 Å². The van der Waals surface area contributed by atoms with Crippen molar-refractivity contribution < 1.29 is 9.53 Å². The van der Waals surface area contributed by atoms with E-state index in [1.807, 2.05) is 53.2 Å². The molecule has 0 spiro atoms. The Kier molecular flexibility index (Phi) is 8.32. The fourth-order valence-corrected chi connectivity index (χ4v) is 3.47. The van der Waals surface area contributed by atoms with Crippen LogP contribution < -0.4 is 15.4 Å². The van der Waals surface area contributed by atoms with Gasteiger partial charge >= 0.3 is 0 Å². The molecule has 0 saturated carbocycles. The standard InChI is InChI=1S/C21H24N4O2.2ClH/c1-15-11-17(8-9-22-15)24-21(26)16-5-4-6-19(12-16)27-14-18-13-25-10-3-2-7-20(25)23-18;;/h2-7,10,12-13,15,17,22H,8-9,11,14H2,1H3,(H,24,26);2*1H. The molecule has 1 amide bonds. The molecule has 0 bridgehead atoms. The van der Waals surface area contributed by atoms with E-state index in [4.69, 9.17) is 4.74 Å². The first kappa shape index (κ1) is 23.0. The number of nitrogens with one attached hydrogen (secondary N) is 2. The van der Waals surface area contributed by atoms with Gasteiger partial charge in [0.25, 0.3) is 5.91 Å². The molecule has 1 aromatic carbocycles. The summed E-state index contributed by atoms with van der Waals surface area (Å²) in [5, 5.41) is 6.53. The molecule has 2 N–H and O–H groups in total. The third kappa shape index (κ3) is 5.85. The van der Waals surface area contributed by atoms with Crippen LogP contribution in [0.5, 0.6) is 5.75 Å². The molecule has 3 aromatic rings. The molecular weight excluding hydrogens is 411 g/mol. The van der Waals surface area contributed by atoms with Crippen LogP contribution in [0.2, 0.25) is 0 Å². The summed E-state index contributed by atoms with van der Waals surface area (Å²) in [6, 6.07) is 13.8. The van der Waals surface area contributed by atoms with Crippen molar-refractivity contribution in [2.45, 2.75) is 38.5 Å². The van der Waals surface area contributed by atoms with E-state index < -0.39 is 0 Å². The minimum atomic E-state index is -0.0488. The zero-order chi connectivity index (χ0) is 18.6. The Morgan fingerprint density at radius 1 is 1.28 bits per heavy atom. The Balaban J connectivity index is 0.00000150. The van der Waals surface area contributed by atoms with E-state index in [-0.39, 0.29) is 36.8 Å². The molecule has 8 heteroatoms. The van der Waals surface area contributed by atoms with Crippen LogP contribution >= 0.6 is 24.8 Å². The third-order valence-electron chi connectivity index (χ3n) is 4.86. The van der Waals surface area contributed by atoms with Crippen LogP contribution in [-0.2, 0) is 6.61 Å². The fourth-order valence-electron chi connectivity index (χ4n) is 3.47. The first-order valence-corrected chi connectivity index (χ1v) is 9.37. The highest BCUT2D eigenvalue weighted by Gasteiger charge is 2.20. The number of benzene rings is 1. The lowest BCUT2D eigenvalue weighted by atomic mass is 10.0. The molecule has 2 unspecified atom stereocenters. The van der Waals surface area contributed by atoms with Crippen molar-refractivity contribution in [2.75, 3.05) is 6.54 Å². The molecule has 29 heavy (non-hydrogen) atoms. The van der Waals surface area contributed by atoms with E-state index in [1.165, 1.54) is 0 Å². The molecular formula is C21H26Cl2N4O2. The number of piperidine rings is 1. The van der Waals surface area contributed by atoms with Crippen LogP contribution in [0.25, 0.3) is 5.65 Å². The van der Waals surface area contributed by atoms with Gasteiger partial charge in [0, 0.05) is 30.0 Å². The number of aromatic nitrogens is 2. The van der Waals surface area contributed by atoms with Crippen LogP contribution in [-0.4, -0.2) is 33.9 Å². The lowest BCUT2D eigenvalue weighted by Gasteiger charge is -2.28. The van der Waals surface area contributed by atoms with Gasteiger partial charge in [0.15, 0.2) is 0 Å². The van der Waals surface area contributed by atoms with Gasteiger partial charge in [-0.25, -0.2) is 4.98 Å². The number of amides is 1. The second-order valence-electron chi connectivity index (χ2n) is 7.06. The number of halogens is 2. The zero-order valence-corrected chi connectivity index (χ0v) is 17.8. The van der Waals surface area contributed by atoms with Crippen molar-refractivity contribution >= 4 is 36.4 Å². The third-order valence-corrected chi connectivity index (χ3v) is 4.86. The fraction of sp³-hybridized carbons (Fsp3) is 0.333. The normalized spacial score (nSPS) is 18.4. The molecule has 1 aliphatic heterocycles. The van der Waals surface area contributed by atoms with Crippen molar-refractivity contribution in [2.24, 2.45) is 0 Å². The van der Waals surface area contributed by atoms with Gasteiger partial charge in [0.1, 0.15) is 18.0 Å². The van der Waals surface area contributed by atoms with Crippen molar-refractivity contribution in [3.63, 3.8) is 0 Å². The minimum Gasteiger partial charge on any atom is -0.487 e. The van der Waals surface area contributed by atoms with Crippen molar-refractivity contribution in [1.82, 2.24) is 20.0 Å². The predicted octanol–water partition coefficient (Wildman–Crippen LogP) is 3.63. The average Bonchev–Trinajstić information content (AvgIpc) is 3.10. The number of fused-ring (bicyclic) bond motifs is 1. The number of pyridine rings is 1. The van der Waals surface area contributed by atoms with E-state index in [0.717, 1.165) is 30.7 Å². The summed E-state index contributed by atoms with van der Waals surface area (Å²) >= 11 is 0. The van der Waals surface area contributed by atoms with Crippen LogP contribution in [0.4, 0.5) is 0 Å². The van der Waals surface area contributed by atoms with E-state index in [9.17, 15) is 4.79 Å². The summed E-state index contributed by atoms with van der Waals surface area (Å²) in [6.45, 7) is 3.44. The summed E-state index contributed by atoms with van der Waals surface area (Å²) < 4.78 is 7.81. The summed E-state index contributed by atoms with van der Waals surface area (Å²) in [4.78, 5) is 17.1. The van der Waals surface area contributed by atoms with Gasteiger partial charge in [-0.05, 0) is 56.6 Å². The highest BCUT2D eigenvalue weighted by molar-refractivity contribution is 5.94. The highest BCUT2D eigenvalue weighted by atomic mass is 35.5. The van der Waals surface area contributed by atoms with E-state index in [0.29, 0.717) is 24.0 Å². The molecule has 1 fully saturated rings. The van der Waals surface area contributed by atoms with Gasteiger partial charge in [-0.15, -0.1) is 24.8 Å². The van der Waals surface area contributed by atoms with Crippen LogP contribution in [0.15, 0.2) is 54.9 Å². The molecule has 4 rings (SSSR count).